The summed E-state index contributed by atoms with van der Waals surface area (Å²) in [5.74, 6) is -0.846. The Balaban J connectivity index is 1.87. The molecule has 2 N–H and O–H groups in total. The van der Waals surface area contributed by atoms with Crippen LogP contribution in [0.4, 0.5) is 4.79 Å². The van der Waals surface area contributed by atoms with Crippen molar-refractivity contribution in [1.29, 1.82) is 0 Å². The van der Waals surface area contributed by atoms with Crippen LogP contribution in [-0.4, -0.2) is 83.2 Å². The molecule has 2 aromatic carbocycles. The minimum Gasteiger partial charge on any atom is -0.458 e. The summed E-state index contributed by atoms with van der Waals surface area (Å²) in [6, 6.07) is 15.2. The molecular weight excluding hydrogens is 588 g/mol. The molecule has 1 aliphatic rings. The summed E-state index contributed by atoms with van der Waals surface area (Å²) in [6.45, 7) is 8.87. The topological polar surface area (TPSA) is 165 Å². The second-order valence-electron chi connectivity index (χ2n) is 12.6. The Kier molecular flexibility index (Phi) is 12.8. The van der Waals surface area contributed by atoms with Crippen molar-refractivity contribution >= 4 is 12.1 Å². The van der Waals surface area contributed by atoms with Crippen molar-refractivity contribution in [3.8, 4) is 0 Å². The number of aliphatic hydroxyl groups is 1. The Morgan fingerprint density at radius 1 is 0.867 bits per heavy atom. The highest BCUT2D eigenvalue weighted by atomic mass is 16.7. The van der Waals surface area contributed by atoms with E-state index in [1.165, 1.54) is 0 Å². The lowest BCUT2D eigenvalue weighted by Gasteiger charge is -2.42. The molecule has 1 aliphatic heterocycles. The number of hydrogen-bond donors (Lipinski definition) is 2. The van der Waals surface area contributed by atoms with Crippen molar-refractivity contribution in [3.05, 3.63) is 81.9 Å². The number of hydrogen-bond acceptors (Lipinski definition) is 11. The van der Waals surface area contributed by atoms with Crippen LogP contribution in [-0.2, 0) is 46.4 Å². The maximum atomic E-state index is 13.0. The van der Waals surface area contributed by atoms with Crippen LogP contribution in [0, 0.1) is 10.1 Å². The molecule has 2 aromatic rings. The number of rotatable bonds is 13. The van der Waals surface area contributed by atoms with Crippen LogP contribution in [0.25, 0.3) is 0 Å². The fourth-order valence-electron chi connectivity index (χ4n) is 4.51. The van der Waals surface area contributed by atoms with Gasteiger partial charge in [-0.15, -0.1) is 0 Å². The van der Waals surface area contributed by atoms with E-state index < -0.39 is 78.1 Å². The van der Waals surface area contributed by atoms with Crippen LogP contribution in [0.2, 0.25) is 0 Å². The van der Waals surface area contributed by atoms with Crippen LogP contribution in [0.5, 0.6) is 0 Å². The minimum absolute atomic E-state index is 0.00659. The number of esters is 1. The molecule has 3 rings (SSSR count). The molecule has 0 spiro atoms. The third-order valence-electron chi connectivity index (χ3n) is 6.42. The van der Waals surface area contributed by atoms with Gasteiger partial charge in [-0.05, 0) is 52.7 Å². The molecule has 1 saturated heterocycles. The van der Waals surface area contributed by atoms with Crippen LogP contribution in [0.15, 0.2) is 60.7 Å². The number of alkyl carbamates (subject to hydrolysis) is 1. The molecule has 0 unspecified atom stereocenters. The predicted octanol–water partition coefficient (Wildman–Crippen LogP) is 3.77. The molecule has 0 aliphatic carbocycles. The van der Waals surface area contributed by atoms with E-state index in [2.05, 4.69) is 5.32 Å². The molecule has 45 heavy (non-hydrogen) atoms. The van der Waals surface area contributed by atoms with Crippen LogP contribution < -0.4 is 5.32 Å². The fraction of sp³-hybridized carbons (Fsp3) is 0.562. The Labute approximate surface area is 263 Å². The summed E-state index contributed by atoms with van der Waals surface area (Å²) in [5, 5.41) is 25.3. The maximum absolute atomic E-state index is 13.0. The Hall–Kier alpha value is -3.62. The van der Waals surface area contributed by atoms with E-state index in [9.17, 15) is 24.8 Å². The number of ether oxygens (including phenoxy) is 6. The van der Waals surface area contributed by atoms with Crippen molar-refractivity contribution in [2.24, 2.45) is 0 Å². The van der Waals surface area contributed by atoms with E-state index in [1.54, 1.807) is 41.5 Å². The van der Waals surface area contributed by atoms with Gasteiger partial charge in [-0.3, -0.25) is 10.1 Å². The standard InChI is InChI=1S/C32H44N2O11/c1-31(2,3)44-28(36)23(33-30(37)45-32(4,5)6)20-42-29-25(34(38)39)27(41-19-22-15-11-8-12-16-22)26(24(17-35)43-29)40-18-21-13-9-7-10-14-21/h7-16,23-27,29,35H,17-20H2,1-6H3,(H,33,37)/t23-,24+,25+,26-,27+,29-/m0/s1. The van der Waals surface area contributed by atoms with Gasteiger partial charge in [-0.1, -0.05) is 60.7 Å². The van der Waals surface area contributed by atoms with Crippen molar-refractivity contribution < 1.29 is 48.0 Å². The lowest BCUT2D eigenvalue weighted by atomic mass is 9.96. The fourth-order valence-corrected chi connectivity index (χ4v) is 4.51. The van der Waals surface area contributed by atoms with Gasteiger partial charge in [0.05, 0.1) is 26.4 Å². The average Bonchev–Trinajstić information content (AvgIpc) is 2.95. The second-order valence-corrected chi connectivity index (χ2v) is 12.6. The molecule has 13 nitrogen and oxygen atoms in total. The van der Waals surface area contributed by atoms with Gasteiger partial charge >= 0.3 is 12.1 Å². The Morgan fingerprint density at radius 2 is 1.38 bits per heavy atom. The molecule has 0 aromatic heterocycles. The first kappa shape index (κ1) is 35.9. The predicted molar refractivity (Wildman–Crippen MR) is 162 cm³/mol. The average molecular weight is 633 g/mol. The molecule has 1 amide bonds. The van der Waals surface area contributed by atoms with E-state index in [0.29, 0.717) is 0 Å². The van der Waals surface area contributed by atoms with Gasteiger partial charge in [0, 0.05) is 4.92 Å². The molecule has 1 fully saturated rings. The van der Waals surface area contributed by atoms with Gasteiger partial charge in [-0.25, -0.2) is 9.59 Å². The number of benzene rings is 2. The molecule has 0 radical (unpaired) electrons. The van der Waals surface area contributed by atoms with Crippen molar-refractivity contribution in [2.75, 3.05) is 13.2 Å². The summed E-state index contributed by atoms with van der Waals surface area (Å²) >= 11 is 0. The van der Waals surface area contributed by atoms with E-state index >= 15 is 0 Å². The maximum Gasteiger partial charge on any atom is 0.408 e. The number of nitrogens with one attached hydrogen (secondary N) is 1. The summed E-state index contributed by atoms with van der Waals surface area (Å²) < 4.78 is 34.7. The number of nitro groups is 1. The van der Waals surface area contributed by atoms with E-state index in [4.69, 9.17) is 28.4 Å². The number of nitrogens with zero attached hydrogens (tertiary/aromatic N) is 1. The van der Waals surface area contributed by atoms with Crippen molar-refractivity contribution in [1.82, 2.24) is 5.32 Å². The summed E-state index contributed by atoms with van der Waals surface area (Å²) in [4.78, 5) is 37.6. The first-order valence-corrected chi connectivity index (χ1v) is 14.7. The first-order valence-electron chi connectivity index (χ1n) is 14.7. The number of carbonyl (C=O) groups is 2. The zero-order valence-electron chi connectivity index (χ0n) is 26.5. The summed E-state index contributed by atoms with van der Waals surface area (Å²) in [6.07, 6.45) is -5.90. The van der Waals surface area contributed by atoms with Gasteiger partial charge < -0.3 is 38.8 Å². The molecule has 1 heterocycles. The van der Waals surface area contributed by atoms with Gasteiger partial charge in [0.1, 0.15) is 23.4 Å². The van der Waals surface area contributed by atoms with Gasteiger partial charge in [0.25, 0.3) is 6.04 Å². The lowest BCUT2D eigenvalue weighted by molar-refractivity contribution is -0.577. The Morgan fingerprint density at radius 3 is 1.84 bits per heavy atom. The van der Waals surface area contributed by atoms with E-state index in [0.717, 1.165) is 11.1 Å². The minimum atomic E-state index is -1.64. The highest BCUT2D eigenvalue weighted by molar-refractivity contribution is 5.81. The summed E-state index contributed by atoms with van der Waals surface area (Å²) in [5.41, 5.74) is -0.200. The van der Waals surface area contributed by atoms with Crippen LogP contribution in [0.1, 0.15) is 52.7 Å². The normalized spacial score (nSPS) is 22.7. The van der Waals surface area contributed by atoms with Gasteiger partial charge in [0.2, 0.25) is 6.29 Å². The van der Waals surface area contributed by atoms with Gasteiger partial charge in [-0.2, -0.15) is 0 Å². The molecule has 248 valence electrons. The smallest absolute Gasteiger partial charge is 0.408 e. The van der Waals surface area contributed by atoms with E-state index in [1.807, 2.05) is 60.7 Å². The number of aliphatic hydroxyl groups excluding tert-OH is 1. The van der Waals surface area contributed by atoms with Crippen LogP contribution in [0.3, 0.4) is 0 Å². The zero-order chi connectivity index (χ0) is 33.2. The molecule has 6 atom stereocenters. The largest absolute Gasteiger partial charge is 0.458 e. The second kappa shape index (κ2) is 16.1. The Bertz CT molecular complexity index is 1230. The molecule has 13 heteroatoms. The zero-order valence-corrected chi connectivity index (χ0v) is 26.5. The monoisotopic (exact) mass is 632 g/mol. The highest BCUT2D eigenvalue weighted by Gasteiger charge is 2.55. The first-order chi connectivity index (χ1) is 21.2. The lowest BCUT2D eigenvalue weighted by Crippen LogP contribution is -2.63. The number of carbonyl (C=O) groups excluding carboxylic acids is 2. The molecule has 0 saturated carbocycles. The van der Waals surface area contributed by atoms with Crippen molar-refractivity contribution in [3.63, 3.8) is 0 Å². The summed E-state index contributed by atoms with van der Waals surface area (Å²) in [7, 11) is 0. The van der Waals surface area contributed by atoms with Crippen LogP contribution >= 0.6 is 0 Å². The number of amides is 1. The quantitative estimate of drug-likeness (QED) is 0.188. The van der Waals surface area contributed by atoms with Gasteiger partial charge in [0.15, 0.2) is 12.1 Å². The third-order valence-corrected chi connectivity index (χ3v) is 6.42. The van der Waals surface area contributed by atoms with Crippen molar-refractivity contribution in [2.45, 2.75) is 103 Å². The third kappa shape index (κ3) is 11.7. The molecule has 0 bridgehead atoms. The highest BCUT2D eigenvalue weighted by Crippen LogP contribution is 2.30. The van der Waals surface area contributed by atoms with E-state index in [-0.39, 0.29) is 13.2 Å². The SMILES string of the molecule is CC(C)(C)OC(=O)N[C@@H](CO[C@H]1O[C@H](CO)[C@H](OCc2ccccc2)[C@H](OCc2ccccc2)[C@H]1[N+](=O)[O-])C(=O)OC(C)(C)C. The molecular formula is C32H44N2O11.